The molecule has 1 unspecified atom stereocenters. The molecule has 1 saturated heterocycles. The quantitative estimate of drug-likeness (QED) is 0.677. The zero-order valence-corrected chi connectivity index (χ0v) is 11.8. The van der Waals surface area contributed by atoms with E-state index in [0.29, 0.717) is 18.6 Å². The second-order valence-electron chi connectivity index (χ2n) is 4.65. The van der Waals surface area contributed by atoms with Crippen LogP contribution >= 0.6 is 0 Å². The standard InChI is InChI=1S/C12H16FN3O3S/c1-2-9-8-16(4-3-12(9)15-17)20(18,19)11-5-10(13)6-14-7-11/h5-7,9,17H,2-4,8H2,1H3/b15-12+. The smallest absolute Gasteiger partial charge is 0.244 e. The number of sulfonamides is 1. The fourth-order valence-electron chi connectivity index (χ4n) is 2.28. The third kappa shape index (κ3) is 2.80. The van der Waals surface area contributed by atoms with Gasteiger partial charge in [0.1, 0.15) is 10.7 Å². The van der Waals surface area contributed by atoms with E-state index in [-0.39, 0.29) is 23.9 Å². The van der Waals surface area contributed by atoms with Crippen molar-refractivity contribution >= 4 is 15.7 Å². The second kappa shape index (κ2) is 5.84. The molecule has 0 aromatic carbocycles. The SMILES string of the molecule is CCC1CN(S(=O)(=O)c2cncc(F)c2)CC/C1=N\O. The summed E-state index contributed by atoms with van der Waals surface area (Å²) in [6, 6.07) is 0.957. The van der Waals surface area contributed by atoms with Crippen LogP contribution in [0, 0.1) is 11.7 Å². The highest BCUT2D eigenvalue weighted by Crippen LogP contribution is 2.24. The Morgan fingerprint density at radius 3 is 2.90 bits per heavy atom. The lowest BCUT2D eigenvalue weighted by Gasteiger charge is -2.31. The van der Waals surface area contributed by atoms with E-state index in [0.717, 1.165) is 18.5 Å². The maximum Gasteiger partial charge on any atom is 0.244 e. The first kappa shape index (κ1) is 14.9. The summed E-state index contributed by atoms with van der Waals surface area (Å²) in [5.41, 5.74) is 0.608. The van der Waals surface area contributed by atoms with Gasteiger partial charge in [0.05, 0.1) is 11.9 Å². The molecule has 1 N–H and O–H groups in total. The van der Waals surface area contributed by atoms with E-state index in [1.165, 1.54) is 4.31 Å². The van der Waals surface area contributed by atoms with Crippen molar-refractivity contribution in [3.8, 4) is 0 Å². The van der Waals surface area contributed by atoms with Crippen LogP contribution in [0.5, 0.6) is 0 Å². The predicted octanol–water partition coefficient (Wildman–Crippen LogP) is 1.47. The van der Waals surface area contributed by atoms with Gasteiger partial charge >= 0.3 is 0 Å². The van der Waals surface area contributed by atoms with Gasteiger partial charge in [-0.05, 0) is 12.5 Å². The van der Waals surface area contributed by atoms with Gasteiger partial charge < -0.3 is 5.21 Å². The topological polar surface area (TPSA) is 82.9 Å². The Hall–Kier alpha value is -1.54. The Labute approximate surface area is 117 Å². The van der Waals surface area contributed by atoms with Crippen molar-refractivity contribution in [2.45, 2.75) is 24.7 Å². The first-order valence-corrected chi connectivity index (χ1v) is 7.74. The third-order valence-electron chi connectivity index (χ3n) is 3.45. The van der Waals surface area contributed by atoms with Crippen LogP contribution in [0.3, 0.4) is 0 Å². The summed E-state index contributed by atoms with van der Waals surface area (Å²) < 4.78 is 39.2. The maximum absolute atomic E-state index is 13.1. The monoisotopic (exact) mass is 301 g/mol. The zero-order valence-electron chi connectivity index (χ0n) is 11.0. The van der Waals surface area contributed by atoms with E-state index in [4.69, 9.17) is 5.21 Å². The highest BCUT2D eigenvalue weighted by Gasteiger charge is 2.33. The van der Waals surface area contributed by atoms with Gasteiger partial charge in [-0.25, -0.2) is 12.8 Å². The van der Waals surface area contributed by atoms with Crippen LogP contribution in [-0.2, 0) is 10.0 Å². The number of piperidine rings is 1. The van der Waals surface area contributed by atoms with Crippen LogP contribution in [0.25, 0.3) is 0 Å². The average Bonchev–Trinajstić information content (AvgIpc) is 2.46. The summed E-state index contributed by atoms with van der Waals surface area (Å²) >= 11 is 0. The van der Waals surface area contributed by atoms with Crippen LogP contribution in [0.4, 0.5) is 4.39 Å². The molecule has 1 aromatic heterocycles. The van der Waals surface area contributed by atoms with Gasteiger partial charge in [-0.2, -0.15) is 4.31 Å². The van der Waals surface area contributed by atoms with Crippen molar-refractivity contribution in [1.82, 2.24) is 9.29 Å². The van der Waals surface area contributed by atoms with Gasteiger partial charge in [0, 0.05) is 31.6 Å². The Morgan fingerprint density at radius 2 is 2.30 bits per heavy atom. The van der Waals surface area contributed by atoms with Crippen LogP contribution in [0.1, 0.15) is 19.8 Å². The molecule has 0 amide bonds. The van der Waals surface area contributed by atoms with Gasteiger partial charge in [0.25, 0.3) is 0 Å². The summed E-state index contributed by atoms with van der Waals surface area (Å²) in [5, 5.41) is 12.1. The fourth-order valence-corrected chi connectivity index (χ4v) is 3.74. The van der Waals surface area contributed by atoms with Gasteiger partial charge in [0.2, 0.25) is 10.0 Å². The molecule has 6 nitrogen and oxygen atoms in total. The molecule has 2 rings (SSSR count). The first-order chi connectivity index (χ1) is 9.48. The third-order valence-corrected chi connectivity index (χ3v) is 5.28. The summed E-state index contributed by atoms with van der Waals surface area (Å²) in [7, 11) is -3.76. The lowest BCUT2D eigenvalue weighted by molar-refractivity contribution is 0.295. The fraction of sp³-hybridized carbons (Fsp3) is 0.500. The zero-order chi connectivity index (χ0) is 14.8. The number of hydrogen-bond donors (Lipinski definition) is 1. The Kier molecular flexibility index (Phi) is 4.34. The van der Waals surface area contributed by atoms with E-state index in [9.17, 15) is 12.8 Å². The van der Waals surface area contributed by atoms with Gasteiger partial charge in [-0.1, -0.05) is 12.1 Å². The van der Waals surface area contributed by atoms with Crippen molar-refractivity contribution in [2.75, 3.05) is 13.1 Å². The summed E-state index contributed by atoms with van der Waals surface area (Å²) in [6.07, 6.45) is 3.14. The lowest BCUT2D eigenvalue weighted by atomic mass is 9.95. The molecule has 20 heavy (non-hydrogen) atoms. The largest absolute Gasteiger partial charge is 0.411 e. The number of halogens is 1. The van der Waals surface area contributed by atoms with E-state index < -0.39 is 15.8 Å². The molecule has 1 aliphatic heterocycles. The summed E-state index contributed by atoms with van der Waals surface area (Å²) in [6.45, 7) is 2.35. The molecule has 110 valence electrons. The molecule has 2 heterocycles. The van der Waals surface area contributed by atoms with Crippen LogP contribution in [0.15, 0.2) is 28.5 Å². The molecule has 1 fully saturated rings. The number of rotatable bonds is 3. The van der Waals surface area contributed by atoms with E-state index in [1.807, 2.05) is 6.92 Å². The van der Waals surface area contributed by atoms with Crippen molar-refractivity contribution in [3.63, 3.8) is 0 Å². The molecule has 0 radical (unpaired) electrons. The van der Waals surface area contributed by atoms with Gasteiger partial charge in [0.15, 0.2) is 0 Å². The molecule has 1 aliphatic rings. The number of pyridine rings is 1. The molecule has 0 saturated carbocycles. The average molecular weight is 301 g/mol. The molecule has 0 aliphatic carbocycles. The van der Waals surface area contributed by atoms with Crippen LogP contribution in [0.2, 0.25) is 0 Å². The first-order valence-electron chi connectivity index (χ1n) is 6.30. The van der Waals surface area contributed by atoms with E-state index in [1.54, 1.807) is 0 Å². The highest BCUT2D eigenvalue weighted by atomic mass is 32.2. The van der Waals surface area contributed by atoms with Crippen LogP contribution < -0.4 is 0 Å². The minimum Gasteiger partial charge on any atom is -0.411 e. The molecular weight excluding hydrogens is 285 g/mol. The van der Waals surface area contributed by atoms with Gasteiger partial charge in [-0.15, -0.1) is 0 Å². The Balaban J connectivity index is 2.27. The maximum atomic E-state index is 13.1. The second-order valence-corrected chi connectivity index (χ2v) is 6.59. The summed E-state index contributed by atoms with van der Waals surface area (Å²) in [4.78, 5) is 3.42. The number of oxime groups is 1. The van der Waals surface area contributed by atoms with E-state index in [2.05, 4.69) is 10.1 Å². The van der Waals surface area contributed by atoms with Crippen LogP contribution in [-0.4, -0.2) is 41.7 Å². The minimum atomic E-state index is -3.76. The van der Waals surface area contributed by atoms with Crippen molar-refractivity contribution in [3.05, 3.63) is 24.3 Å². The minimum absolute atomic E-state index is 0.120. The number of aromatic nitrogens is 1. The Morgan fingerprint density at radius 1 is 1.55 bits per heavy atom. The summed E-state index contributed by atoms with van der Waals surface area (Å²) in [5.74, 6) is -0.808. The Bertz CT molecular complexity index is 618. The molecule has 0 spiro atoms. The van der Waals surface area contributed by atoms with Crippen molar-refractivity contribution < 1.29 is 18.0 Å². The molecular formula is C12H16FN3O3S. The normalized spacial score (nSPS) is 23.1. The van der Waals surface area contributed by atoms with Crippen molar-refractivity contribution in [2.24, 2.45) is 11.1 Å². The number of nitrogens with zero attached hydrogens (tertiary/aromatic N) is 3. The predicted molar refractivity (Wildman–Crippen MR) is 70.6 cm³/mol. The molecule has 1 aromatic rings. The molecule has 8 heteroatoms. The molecule has 1 atom stereocenters. The highest BCUT2D eigenvalue weighted by molar-refractivity contribution is 7.89. The lowest BCUT2D eigenvalue weighted by Crippen LogP contribution is -2.44. The van der Waals surface area contributed by atoms with Crippen molar-refractivity contribution in [1.29, 1.82) is 0 Å². The van der Waals surface area contributed by atoms with Gasteiger partial charge in [-0.3, -0.25) is 4.98 Å². The number of hydrogen-bond acceptors (Lipinski definition) is 5. The molecule has 0 bridgehead atoms. The van der Waals surface area contributed by atoms with E-state index >= 15 is 0 Å².